The van der Waals surface area contributed by atoms with Crippen molar-refractivity contribution in [1.82, 2.24) is 19.9 Å². The van der Waals surface area contributed by atoms with Gasteiger partial charge in [0, 0.05) is 12.7 Å². The Morgan fingerprint density at radius 1 is 1.41 bits per heavy atom. The molecule has 8 heteroatoms. The number of H-pyrrole nitrogens is 1. The lowest BCUT2D eigenvalue weighted by atomic mass is 10.1. The molecule has 1 unspecified atom stereocenters. The van der Waals surface area contributed by atoms with Gasteiger partial charge in [-0.2, -0.15) is 11.1 Å². The van der Waals surface area contributed by atoms with Crippen LogP contribution in [0.4, 0.5) is 0 Å². The van der Waals surface area contributed by atoms with Gasteiger partial charge in [-0.3, -0.25) is 9.56 Å². The van der Waals surface area contributed by atoms with E-state index in [1.165, 1.54) is 0 Å². The number of fused-ring (bicyclic) bond motifs is 1. The number of nitrogens with one attached hydrogen (secondary N) is 2. The highest BCUT2D eigenvalue weighted by Crippen LogP contribution is 2.18. The van der Waals surface area contributed by atoms with E-state index in [-0.39, 0.29) is 17.7 Å². The molecule has 1 aromatic carbocycles. The molecule has 8 nitrogen and oxygen atoms in total. The van der Waals surface area contributed by atoms with Crippen LogP contribution in [-0.4, -0.2) is 33.6 Å². The molecule has 0 aliphatic carbocycles. The van der Waals surface area contributed by atoms with Crippen LogP contribution in [0, 0.1) is 6.42 Å². The molecule has 2 heterocycles. The van der Waals surface area contributed by atoms with E-state index in [4.69, 9.17) is 11.5 Å². The van der Waals surface area contributed by atoms with Gasteiger partial charge >= 0.3 is 5.69 Å². The quantitative estimate of drug-likeness (QED) is 0.145. The number of hydrogen-bond donors (Lipinski definition) is 4. The monoisotopic (exact) mass is 392 g/mol. The zero-order chi connectivity index (χ0) is 20.8. The van der Waals surface area contributed by atoms with E-state index in [0.29, 0.717) is 12.2 Å². The van der Waals surface area contributed by atoms with Crippen LogP contribution in [0.1, 0.15) is 30.6 Å². The maximum atomic E-state index is 12.4. The highest BCUT2D eigenvalue weighted by molar-refractivity contribution is 5.76. The van der Waals surface area contributed by atoms with Gasteiger partial charge in [0.2, 0.25) is 0 Å². The van der Waals surface area contributed by atoms with Crippen LogP contribution >= 0.6 is 0 Å². The molecule has 0 spiro atoms. The molecular formula is C21H26N7O-. The first kappa shape index (κ1) is 20.2. The van der Waals surface area contributed by atoms with E-state index in [9.17, 15) is 4.79 Å². The molecule has 6 N–H and O–H groups in total. The molecule has 2 aromatic heterocycles. The summed E-state index contributed by atoms with van der Waals surface area (Å²) in [5.41, 5.74) is 13.6. The normalized spacial score (nSPS) is 11.9. The van der Waals surface area contributed by atoms with Crippen LogP contribution in [0.2, 0.25) is 0 Å². The van der Waals surface area contributed by atoms with Gasteiger partial charge < -0.3 is 21.8 Å². The maximum Gasteiger partial charge on any atom is 0.354 e. The zero-order valence-electron chi connectivity index (χ0n) is 16.4. The number of rotatable bonds is 9. The van der Waals surface area contributed by atoms with Crippen molar-refractivity contribution in [3.63, 3.8) is 0 Å². The second kappa shape index (κ2) is 9.11. The van der Waals surface area contributed by atoms with E-state index in [1.54, 1.807) is 10.8 Å². The molecule has 1 atom stereocenters. The van der Waals surface area contributed by atoms with Crippen LogP contribution in [0.3, 0.4) is 0 Å². The summed E-state index contributed by atoms with van der Waals surface area (Å²) in [5, 5.41) is 4.29. The van der Waals surface area contributed by atoms with Crippen molar-refractivity contribution in [3.05, 3.63) is 77.3 Å². The van der Waals surface area contributed by atoms with Gasteiger partial charge in [-0.1, -0.05) is 18.2 Å². The zero-order valence-corrected chi connectivity index (χ0v) is 16.4. The van der Waals surface area contributed by atoms with Crippen LogP contribution in [0.5, 0.6) is 0 Å². The topological polar surface area (TPSA) is 127 Å². The smallest absolute Gasteiger partial charge is 0.354 e. The lowest BCUT2D eigenvalue weighted by Gasteiger charge is -2.16. The number of aromatic nitrogens is 3. The van der Waals surface area contributed by atoms with Gasteiger partial charge in [-0.05, 0) is 36.0 Å². The number of nitrogens with zero attached hydrogens (tertiary/aromatic N) is 3. The van der Waals surface area contributed by atoms with E-state index >= 15 is 0 Å². The minimum absolute atomic E-state index is 0.00657. The van der Waals surface area contributed by atoms with Crippen molar-refractivity contribution in [1.29, 1.82) is 0 Å². The van der Waals surface area contributed by atoms with Gasteiger partial charge in [0.15, 0.2) is 5.96 Å². The lowest BCUT2D eigenvalue weighted by Crippen LogP contribution is -2.24. The average Bonchev–Trinajstić information content (AvgIpc) is 3.12. The molecule has 0 saturated carbocycles. The summed E-state index contributed by atoms with van der Waals surface area (Å²) in [6, 6.07) is 9.72. The largest absolute Gasteiger partial charge is 0.375 e. The van der Waals surface area contributed by atoms with E-state index < -0.39 is 0 Å². The molecule has 0 fully saturated rings. The molecule has 29 heavy (non-hydrogen) atoms. The highest BCUT2D eigenvalue weighted by atomic mass is 16.1. The average molecular weight is 392 g/mol. The van der Waals surface area contributed by atoms with Gasteiger partial charge in [0.1, 0.15) is 5.65 Å². The third-order valence-corrected chi connectivity index (χ3v) is 4.60. The number of benzene rings is 1. The molecule has 3 aromatic rings. The second-order valence-corrected chi connectivity index (χ2v) is 6.63. The molecule has 0 aliphatic rings. The number of aromatic amines is 1. The third-order valence-electron chi connectivity index (χ3n) is 4.60. The maximum absolute atomic E-state index is 12.4. The summed E-state index contributed by atoms with van der Waals surface area (Å²) in [6.45, 7) is 7.16. The Morgan fingerprint density at radius 2 is 2.17 bits per heavy atom. The predicted octanol–water partition coefficient (Wildman–Crippen LogP) is 1.77. The fourth-order valence-electron chi connectivity index (χ4n) is 3.08. The summed E-state index contributed by atoms with van der Waals surface area (Å²) in [4.78, 5) is 23.6. The Kier molecular flexibility index (Phi) is 6.36. The van der Waals surface area contributed by atoms with Crippen molar-refractivity contribution in [2.45, 2.75) is 19.4 Å². The summed E-state index contributed by atoms with van der Waals surface area (Å²) in [7, 11) is 0. The molecule has 0 radical (unpaired) electrons. The predicted molar refractivity (Wildman–Crippen MR) is 117 cm³/mol. The van der Waals surface area contributed by atoms with Crippen molar-refractivity contribution < 1.29 is 0 Å². The van der Waals surface area contributed by atoms with Gasteiger partial charge in [-0.25, -0.2) is 11.2 Å². The minimum atomic E-state index is -0.326. The van der Waals surface area contributed by atoms with Crippen molar-refractivity contribution in [3.8, 4) is 5.69 Å². The molecule has 152 valence electrons. The first-order valence-electron chi connectivity index (χ1n) is 9.45. The first-order valence-corrected chi connectivity index (χ1v) is 9.45. The fourth-order valence-corrected chi connectivity index (χ4v) is 3.08. The van der Waals surface area contributed by atoms with E-state index in [0.717, 1.165) is 35.3 Å². The standard InChI is InChI=1S/C21H26N7O/c1-3-16-12-15-13-28(21(29)27-19(15)26-16)17-8-6-14(7-9-17)18(4-2)24-10-5-11-25-20(22)23/h3-4,6-9,12-13,18,24H,2,5,10-11H2,1H3,(H4,22,23,25)(H,26,27,29)/q-1. The van der Waals surface area contributed by atoms with Crippen molar-refractivity contribution >= 4 is 17.0 Å². The summed E-state index contributed by atoms with van der Waals surface area (Å²) >= 11 is 0. The van der Waals surface area contributed by atoms with Crippen LogP contribution in [0.25, 0.3) is 16.7 Å². The Morgan fingerprint density at radius 3 is 2.83 bits per heavy atom. The number of hydrogen-bond acceptors (Lipinski definition) is 4. The highest BCUT2D eigenvalue weighted by Gasteiger charge is 2.08. The SMILES string of the molecule is C=CC(NCCCN=C(N)N)c1ccc(-n2cc3cc([CH-]C)[nH]c3nc2=O)cc1. The molecule has 0 saturated heterocycles. The minimum Gasteiger partial charge on any atom is -0.375 e. The number of aliphatic imine (C=N–C) groups is 1. The second-order valence-electron chi connectivity index (χ2n) is 6.63. The molecule has 0 amide bonds. The number of guanidine groups is 1. The fraction of sp³-hybridized carbons (Fsp3) is 0.238. The molecule has 0 aliphatic heterocycles. The van der Waals surface area contributed by atoms with Gasteiger partial charge in [-0.15, -0.1) is 19.2 Å². The molecule has 0 bridgehead atoms. The summed E-state index contributed by atoms with van der Waals surface area (Å²) in [6.07, 6.45) is 6.40. The Labute approximate surface area is 169 Å². The van der Waals surface area contributed by atoms with Crippen LogP contribution in [-0.2, 0) is 0 Å². The van der Waals surface area contributed by atoms with Crippen LogP contribution in [0.15, 0.2) is 59.0 Å². The Balaban J connectivity index is 1.74. The third kappa shape index (κ3) is 4.85. The van der Waals surface area contributed by atoms with Gasteiger partial charge in [0.05, 0.1) is 11.7 Å². The molecule has 3 rings (SSSR count). The van der Waals surface area contributed by atoms with Gasteiger partial charge in [0.25, 0.3) is 0 Å². The summed E-state index contributed by atoms with van der Waals surface area (Å²) in [5.74, 6) is 0.104. The van der Waals surface area contributed by atoms with E-state index in [2.05, 4.69) is 26.9 Å². The lowest BCUT2D eigenvalue weighted by molar-refractivity contribution is 0.601. The van der Waals surface area contributed by atoms with Crippen molar-refractivity contribution in [2.24, 2.45) is 16.5 Å². The Hall–Kier alpha value is -3.52. The molecular weight excluding hydrogens is 366 g/mol. The Bertz CT molecular complexity index is 1060. The first-order chi connectivity index (χ1) is 14.0. The van der Waals surface area contributed by atoms with E-state index in [1.807, 2.05) is 49.8 Å². The van der Waals surface area contributed by atoms with Crippen LogP contribution < -0.4 is 22.5 Å². The summed E-state index contributed by atoms with van der Waals surface area (Å²) < 4.78 is 1.55. The number of nitrogens with two attached hydrogens (primary N) is 2. The van der Waals surface area contributed by atoms with Crippen molar-refractivity contribution in [2.75, 3.05) is 13.1 Å².